The SMILES string of the molecule is COC1C[C@H]2[C@@H]3CC[C@H]([C@H](C)CCc4cccc(C(F)(F)F)n4)[C@@]3(C)CC[C@@H]2[C@@]2(C)CC[C@@H]3CC132. The molecule has 10 atom stereocenters. The maximum absolute atomic E-state index is 13.1. The van der Waals surface area contributed by atoms with Gasteiger partial charge >= 0.3 is 6.18 Å². The van der Waals surface area contributed by atoms with Gasteiger partial charge in [0, 0.05) is 18.2 Å². The van der Waals surface area contributed by atoms with Crippen molar-refractivity contribution in [2.45, 2.75) is 97.3 Å². The molecule has 194 valence electrons. The molecule has 0 aliphatic heterocycles. The van der Waals surface area contributed by atoms with Gasteiger partial charge in [0.15, 0.2) is 0 Å². The lowest BCUT2D eigenvalue weighted by Crippen LogP contribution is -2.57. The predicted octanol–water partition coefficient (Wildman–Crippen LogP) is 7.95. The number of nitrogens with zero attached hydrogens (tertiary/aromatic N) is 1. The molecule has 0 bridgehead atoms. The zero-order valence-electron chi connectivity index (χ0n) is 21.8. The molecule has 1 spiro atoms. The number of alkyl halides is 3. The molecule has 5 fully saturated rings. The summed E-state index contributed by atoms with van der Waals surface area (Å²) in [6, 6.07) is 4.33. The number of halogens is 3. The maximum Gasteiger partial charge on any atom is 0.433 e. The van der Waals surface area contributed by atoms with Crippen molar-refractivity contribution < 1.29 is 17.9 Å². The van der Waals surface area contributed by atoms with E-state index in [0.29, 0.717) is 46.3 Å². The normalized spacial score (nSPS) is 46.9. The number of rotatable bonds is 5. The van der Waals surface area contributed by atoms with Crippen molar-refractivity contribution in [2.24, 2.45) is 51.8 Å². The average molecular weight is 490 g/mol. The summed E-state index contributed by atoms with van der Waals surface area (Å²) in [4.78, 5) is 3.92. The highest BCUT2D eigenvalue weighted by Gasteiger charge is 2.77. The summed E-state index contributed by atoms with van der Waals surface area (Å²) in [6.45, 7) is 7.54. The molecule has 5 aliphatic rings. The van der Waals surface area contributed by atoms with E-state index in [-0.39, 0.29) is 0 Å². The molecule has 0 N–H and O–H groups in total. The number of aromatic nitrogens is 1. The van der Waals surface area contributed by atoms with E-state index in [1.165, 1.54) is 57.4 Å². The quantitative estimate of drug-likeness (QED) is 0.419. The molecule has 1 aromatic heterocycles. The van der Waals surface area contributed by atoms with Crippen LogP contribution < -0.4 is 0 Å². The molecule has 5 aliphatic carbocycles. The number of hydrogen-bond donors (Lipinski definition) is 0. The highest BCUT2D eigenvalue weighted by Crippen LogP contribution is 2.82. The predicted molar refractivity (Wildman–Crippen MR) is 131 cm³/mol. The van der Waals surface area contributed by atoms with Gasteiger partial charge in [-0.2, -0.15) is 13.2 Å². The fourth-order valence-corrected chi connectivity index (χ4v) is 10.9. The van der Waals surface area contributed by atoms with E-state index < -0.39 is 11.9 Å². The fraction of sp³-hybridized carbons (Fsp3) is 0.833. The Labute approximate surface area is 208 Å². The molecule has 1 heterocycles. The van der Waals surface area contributed by atoms with Gasteiger partial charge in [0.25, 0.3) is 0 Å². The van der Waals surface area contributed by atoms with E-state index in [0.717, 1.165) is 36.2 Å². The molecule has 2 nitrogen and oxygen atoms in total. The summed E-state index contributed by atoms with van der Waals surface area (Å²) in [5.41, 5.74) is 1.09. The largest absolute Gasteiger partial charge is 0.433 e. The number of aryl methyl sites for hydroxylation is 1. The highest BCUT2D eigenvalue weighted by atomic mass is 19.4. The van der Waals surface area contributed by atoms with Gasteiger partial charge in [-0.05, 0) is 123 Å². The van der Waals surface area contributed by atoms with Gasteiger partial charge in [-0.15, -0.1) is 0 Å². The molecule has 6 rings (SSSR count). The summed E-state index contributed by atoms with van der Waals surface area (Å²) in [5.74, 6) is 4.46. The molecule has 0 radical (unpaired) electrons. The number of fused-ring (bicyclic) bond motifs is 4. The van der Waals surface area contributed by atoms with E-state index in [2.05, 4.69) is 25.8 Å². The third-order valence-corrected chi connectivity index (χ3v) is 12.5. The molecular formula is C30H42F3NO. The van der Waals surface area contributed by atoms with Gasteiger partial charge in [0.2, 0.25) is 0 Å². The number of hydrogen-bond acceptors (Lipinski definition) is 2. The van der Waals surface area contributed by atoms with Crippen LogP contribution in [-0.2, 0) is 17.3 Å². The third kappa shape index (κ3) is 3.35. The van der Waals surface area contributed by atoms with E-state index in [9.17, 15) is 13.2 Å². The number of methoxy groups -OCH3 is 1. The molecular weight excluding hydrogens is 447 g/mol. The van der Waals surface area contributed by atoms with Crippen molar-refractivity contribution in [3.8, 4) is 0 Å². The topological polar surface area (TPSA) is 22.1 Å². The minimum absolute atomic E-state index is 0.350. The monoisotopic (exact) mass is 489 g/mol. The average Bonchev–Trinajstić information content (AvgIpc) is 3.33. The van der Waals surface area contributed by atoms with Gasteiger partial charge in [-0.3, -0.25) is 0 Å². The Morgan fingerprint density at radius 1 is 1.09 bits per heavy atom. The van der Waals surface area contributed by atoms with Gasteiger partial charge in [-0.25, -0.2) is 4.98 Å². The first-order chi connectivity index (χ1) is 16.5. The molecule has 5 heteroatoms. The molecule has 5 saturated carbocycles. The van der Waals surface area contributed by atoms with Crippen molar-refractivity contribution in [1.29, 1.82) is 0 Å². The summed E-state index contributed by atoms with van der Waals surface area (Å²) in [5, 5.41) is 0. The minimum Gasteiger partial charge on any atom is -0.381 e. The van der Waals surface area contributed by atoms with E-state index in [1.807, 2.05) is 7.11 Å². The van der Waals surface area contributed by atoms with Crippen LogP contribution in [0.2, 0.25) is 0 Å². The van der Waals surface area contributed by atoms with Crippen LogP contribution in [0.4, 0.5) is 13.2 Å². The molecule has 1 aromatic rings. The van der Waals surface area contributed by atoms with Crippen molar-refractivity contribution >= 4 is 0 Å². The lowest BCUT2D eigenvalue weighted by molar-refractivity contribution is -0.161. The van der Waals surface area contributed by atoms with Crippen LogP contribution in [0.1, 0.15) is 89.9 Å². The van der Waals surface area contributed by atoms with E-state index in [1.54, 1.807) is 6.07 Å². The first-order valence-electron chi connectivity index (χ1n) is 14.1. The Bertz CT molecular complexity index is 979. The van der Waals surface area contributed by atoms with Gasteiger partial charge in [0.05, 0.1) is 6.10 Å². The minimum atomic E-state index is -4.37. The second-order valence-electron chi connectivity index (χ2n) is 13.5. The highest BCUT2D eigenvalue weighted by molar-refractivity contribution is 5.26. The second kappa shape index (κ2) is 7.95. The second-order valence-corrected chi connectivity index (χ2v) is 13.5. The van der Waals surface area contributed by atoms with E-state index in [4.69, 9.17) is 4.74 Å². The Hall–Kier alpha value is -1.10. The van der Waals surface area contributed by atoms with Crippen molar-refractivity contribution in [3.63, 3.8) is 0 Å². The Balaban J connectivity index is 1.18. The van der Waals surface area contributed by atoms with Crippen LogP contribution in [-0.4, -0.2) is 18.2 Å². The van der Waals surface area contributed by atoms with Crippen molar-refractivity contribution in [3.05, 3.63) is 29.6 Å². The molecule has 0 amide bonds. The Morgan fingerprint density at radius 3 is 2.60 bits per heavy atom. The Morgan fingerprint density at radius 2 is 1.89 bits per heavy atom. The van der Waals surface area contributed by atoms with E-state index >= 15 is 0 Å². The fourth-order valence-electron chi connectivity index (χ4n) is 10.9. The van der Waals surface area contributed by atoms with Gasteiger partial charge in [0.1, 0.15) is 5.69 Å². The van der Waals surface area contributed by atoms with Crippen LogP contribution in [0.25, 0.3) is 0 Å². The summed E-state index contributed by atoms with van der Waals surface area (Å²) in [6.07, 6.45) is 8.33. The first kappa shape index (κ1) is 24.2. The van der Waals surface area contributed by atoms with Crippen LogP contribution in [0.15, 0.2) is 18.2 Å². The summed E-state index contributed by atoms with van der Waals surface area (Å²) in [7, 11) is 1.96. The molecule has 0 saturated heterocycles. The standard InChI is InChI=1S/C30H42F3NO/c1-18(8-9-20-6-5-7-25(34-20)30(31,32)33)22-10-11-23-21-16-26(35-4)29-17-19(29)12-15-28(29,3)24(21)13-14-27(22,23)2/h5-7,18-19,21-24,26H,8-17H2,1-4H3/t18-,19-,21+,22-,23+,24+,26?,27-,28-,29?/m1/s1. The Kier molecular flexibility index (Phi) is 5.51. The van der Waals surface area contributed by atoms with Crippen molar-refractivity contribution in [1.82, 2.24) is 4.98 Å². The number of ether oxygens (including phenoxy) is 1. The van der Waals surface area contributed by atoms with Gasteiger partial charge in [-0.1, -0.05) is 26.8 Å². The van der Waals surface area contributed by atoms with Crippen LogP contribution in [0.5, 0.6) is 0 Å². The first-order valence-corrected chi connectivity index (χ1v) is 14.1. The van der Waals surface area contributed by atoms with Crippen LogP contribution in [0.3, 0.4) is 0 Å². The molecule has 0 aromatic carbocycles. The van der Waals surface area contributed by atoms with Gasteiger partial charge < -0.3 is 4.74 Å². The summed E-state index contributed by atoms with van der Waals surface area (Å²) >= 11 is 0. The maximum atomic E-state index is 13.1. The lowest BCUT2D eigenvalue weighted by Gasteiger charge is -2.61. The van der Waals surface area contributed by atoms with Crippen LogP contribution in [0, 0.1) is 51.8 Å². The van der Waals surface area contributed by atoms with Crippen LogP contribution >= 0.6 is 0 Å². The van der Waals surface area contributed by atoms with Crippen molar-refractivity contribution in [2.75, 3.05) is 7.11 Å². The smallest absolute Gasteiger partial charge is 0.381 e. The zero-order chi connectivity index (χ0) is 24.8. The zero-order valence-corrected chi connectivity index (χ0v) is 21.8. The summed E-state index contributed by atoms with van der Waals surface area (Å²) < 4.78 is 45.6. The number of pyridine rings is 1. The third-order valence-electron chi connectivity index (χ3n) is 12.5. The lowest BCUT2D eigenvalue weighted by atomic mass is 9.45. The molecule has 2 unspecified atom stereocenters. The molecule has 35 heavy (non-hydrogen) atoms.